The van der Waals surface area contributed by atoms with Crippen molar-refractivity contribution in [1.82, 2.24) is 5.32 Å². The zero-order chi connectivity index (χ0) is 13.0. The van der Waals surface area contributed by atoms with Crippen molar-refractivity contribution in [3.05, 3.63) is 38.2 Å². The van der Waals surface area contributed by atoms with Crippen LogP contribution in [0.5, 0.6) is 5.75 Å². The molecule has 0 aliphatic carbocycles. The summed E-state index contributed by atoms with van der Waals surface area (Å²) in [4.78, 5) is 2.67. The summed E-state index contributed by atoms with van der Waals surface area (Å²) in [6, 6.07) is 4.49. The summed E-state index contributed by atoms with van der Waals surface area (Å²) < 4.78 is 5.46. The lowest BCUT2D eigenvalue weighted by Crippen LogP contribution is -2.22. The van der Waals surface area contributed by atoms with E-state index in [9.17, 15) is 0 Å². The summed E-state index contributed by atoms with van der Waals surface area (Å²) in [6.45, 7) is 5.38. The molecule has 0 aliphatic rings. The van der Waals surface area contributed by atoms with Crippen molar-refractivity contribution in [2.24, 2.45) is 0 Å². The van der Waals surface area contributed by atoms with E-state index in [0.29, 0.717) is 0 Å². The maximum atomic E-state index is 5.46. The van der Waals surface area contributed by atoms with Gasteiger partial charge in [0.1, 0.15) is 5.75 Å². The molecule has 0 radical (unpaired) electrons. The highest BCUT2D eigenvalue weighted by Gasteiger charge is 2.21. The first-order valence-corrected chi connectivity index (χ1v) is 7.92. The second kappa shape index (κ2) is 6.36. The number of rotatable bonds is 6. The second-order valence-corrected chi connectivity index (χ2v) is 6.10. The zero-order valence-electron chi connectivity index (χ0n) is 11.0. The molecule has 0 aliphatic heterocycles. The topological polar surface area (TPSA) is 21.3 Å². The van der Waals surface area contributed by atoms with Gasteiger partial charge in [-0.1, -0.05) is 6.92 Å². The maximum absolute atomic E-state index is 5.46. The summed E-state index contributed by atoms with van der Waals surface area (Å²) in [6.07, 6.45) is 1.13. The Morgan fingerprint density at radius 1 is 1.22 bits per heavy atom. The van der Waals surface area contributed by atoms with Crippen LogP contribution in [0, 0.1) is 6.92 Å². The van der Waals surface area contributed by atoms with Gasteiger partial charge in [0.2, 0.25) is 0 Å². The molecule has 0 spiro atoms. The van der Waals surface area contributed by atoms with Crippen molar-refractivity contribution < 1.29 is 4.74 Å². The van der Waals surface area contributed by atoms with Gasteiger partial charge in [0.15, 0.2) is 0 Å². The Bertz CT molecular complexity index is 489. The lowest BCUT2D eigenvalue weighted by atomic mass is 10.1. The first kappa shape index (κ1) is 13.6. The number of thiophene rings is 2. The predicted octanol–water partition coefficient (Wildman–Crippen LogP) is 4.22. The van der Waals surface area contributed by atoms with Gasteiger partial charge in [-0.05, 0) is 48.3 Å². The summed E-state index contributed by atoms with van der Waals surface area (Å²) >= 11 is 3.57. The fourth-order valence-corrected chi connectivity index (χ4v) is 3.99. The molecule has 1 atom stereocenters. The third-order valence-corrected chi connectivity index (χ3v) is 4.95. The van der Waals surface area contributed by atoms with E-state index in [-0.39, 0.29) is 6.04 Å². The van der Waals surface area contributed by atoms with Gasteiger partial charge in [0, 0.05) is 4.88 Å². The molecule has 0 bridgehead atoms. The Kier molecular flexibility index (Phi) is 4.80. The number of hydrogen-bond acceptors (Lipinski definition) is 4. The van der Waals surface area contributed by atoms with E-state index in [0.717, 1.165) is 18.7 Å². The number of hydrogen-bond donors (Lipinski definition) is 1. The fourth-order valence-electron chi connectivity index (χ4n) is 1.96. The molecule has 2 nitrogen and oxygen atoms in total. The van der Waals surface area contributed by atoms with Gasteiger partial charge in [-0.25, -0.2) is 0 Å². The lowest BCUT2D eigenvalue weighted by Gasteiger charge is -2.18. The molecule has 2 rings (SSSR count). The number of nitrogens with one attached hydrogen (secondary N) is 1. The minimum atomic E-state index is 0.264. The van der Waals surface area contributed by atoms with Crippen molar-refractivity contribution in [2.75, 3.05) is 13.7 Å². The van der Waals surface area contributed by atoms with Crippen LogP contribution >= 0.6 is 22.7 Å². The molecule has 18 heavy (non-hydrogen) atoms. The quantitative estimate of drug-likeness (QED) is 0.856. The van der Waals surface area contributed by atoms with E-state index in [2.05, 4.69) is 36.0 Å². The van der Waals surface area contributed by atoms with Crippen molar-refractivity contribution in [3.8, 4) is 5.75 Å². The first-order valence-electron chi connectivity index (χ1n) is 6.16. The van der Waals surface area contributed by atoms with E-state index >= 15 is 0 Å². The van der Waals surface area contributed by atoms with Gasteiger partial charge in [-0.3, -0.25) is 0 Å². The van der Waals surface area contributed by atoms with Gasteiger partial charge >= 0.3 is 0 Å². The molecule has 0 fully saturated rings. The Hall–Kier alpha value is -0.840. The molecule has 1 N–H and O–H groups in total. The van der Waals surface area contributed by atoms with Crippen LogP contribution in [0.2, 0.25) is 0 Å². The van der Waals surface area contributed by atoms with Crippen molar-refractivity contribution in [1.29, 1.82) is 0 Å². The standard InChI is InChI=1S/C14H19NOS2/c1-4-7-15-12(13-10(2)5-8-17-13)14-11(16-3)6-9-18-14/h5-6,8-9,12,15H,4,7H2,1-3H3. The first-order chi connectivity index (χ1) is 8.77. The average Bonchev–Trinajstić information content (AvgIpc) is 2.99. The molecular formula is C14H19NOS2. The third-order valence-electron chi connectivity index (χ3n) is 2.90. The van der Waals surface area contributed by atoms with Crippen LogP contribution in [0.25, 0.3) is 0 Å². The van der Waals surface area contributed by atoms with Crippen LogP contribution < -0.4 is 10.1 Å². The molecule has 0 saturated heterocycles. The summed E-state index contributed by atoms with van der Waals surface area (Å²) in [7, 11) is 1.74. The number of methoxy groups -OCH3 is 1. The molecular weight excluding hydrogens is 262 g/mol. The van der Waals surface area contributed by atoms with Crippen molar-refractivity contribution in [2.45, 2.75) is 26.3 Å². The zero-order valence-corrected chi connectivity index (χ0v) is 12.7. The SMILES string of the molecule is CCCNC(c1sccc1C)c1sccc1OC. The summed E-state index contributed by atoms with van der Waals surface area (Å²) in [5.41, 5.74) is 1.35. The Morgan fingerprint density at radius 3 is 2.56 bits per heavy atom. The van der Waals surface area contributed by atoms with E-state index in [1.165, 1.54) is 15.3 Å². The second-order valence-electron chi connectivity index (χ2n) is 4.21. The molecule has 0 saturated carbocycles. The van der Waals surface area contributed by atoms with Gasteiger partial charge in [0.05, 0.1) is 18.0 Å². The van der Waals surface area contributed by atoms with Crippen LogP contribution in [-0.2, 0) is 0 Å². The molecule has 2 aromatic rings. The summed E-state index contributed by atoms with van der Waals surface area (Å²) in [5.74, 6) is 0.987. The average molecular weight is 281 g/mol. The Morgan fingerprint density at radius 2 is 1.94 bits per heavy atom. The Labute approximate surface area is 117 Å². The molecule has 2 heterocycles. The normalized spacial score (nSPS) is 12.6. The molecule has 0 aromatic carbocycles. The lowest BCUT2D eigenvalue weighted by molar-refractivity contribution is 0.407. The smallest absolute Gasteiger partial charge is 0.134 e. The number of ether oxygens (including phenoxy) is 1. The Balaban J connectivity index is 2.34. The maximum Gasteiger partial charge on any atom is 0.134 e. The van der Waals surface area contributed by atoms with Gasteiger partial charge in [-0.15, -0.1) is 22.7 Å². The minimum absolute atomic E-state index is 0.264. The third kappa shape index (κ3) is 2.76. The monoisotopic (exact) mass is 281 g/mol. The molecule has 4 heteroatoms. The number of aryl methyl sites for hydroxylation is 1. The molecule has 1 unspecified atom stereocenters. The highest BCUT2D eigenvalue weighted by atomic mass is 32.1. The molecule has 0 amide bonds. The highest BCUT2D eigenvalue weighted by molar-refractivity contribution is 7.12. The van der Waals surface area contributed by atoms with Gasteiger partial charge in [0.25, 0.3) is 0 Å². The van der Waals surface area contributed by atoms with Gasteiger partial charge < -0.3 is 10.1 Å². The highest BCUT2D eigenvalue weighted by Crippen LogP contribution is 2.37. The summed E-state index contributed by atoms with van der Waals surface area (Å²) in [5, 5.41) is 7.88. The van der Waals surface area contributed by atoms with E-state index in [1.54, 1.807) is 18.4 Å². The van der Waals surface area contributed by atoms with Crippen molar-refractivity contribution >= 4 is 22.7 Å². The van der Waals surface area contributed by atoms with Crippen LogP contribution in [0.1, 0.15) is 34.7 Å². The fraction of sp³-hybridized carbons (Fsp3) is 0.429. The van der Waals surface area contributed by atoms with Crippen LogP contribution in [-0.4, -0.2) is 13.7 Å². The predicted molar refractivity (Wildman–Crippen MR) is 80.1 cm³/mol. The molecule has 2 aromatic heterocycles. The van der Waals surface area contributed by atoms with Crippen LogP contribution in [0.3, 0.4) is 0 Å². The van der Waals surface area contributed by atoms with Crippen LogP contribution in [0.4, 0.5) is 0 Å². The van der Waals surface area contributed by atoms with Crippen molar-refractivity contribution in [3.63, 3.8) is 0 Å². The van der Waals surface area contributed by atoms with E-state index < -0.39 is 0 Å². The molecule has 98 valence electrons. The van der Waals surface area contributed by atoms with E-state index in [1.807, 2.05) is 17.4 Å². The van der Waals surface area contributed by atoms with Gasteiger partial charge in [-0.2, -0.15) is 0 Å². The largest absolute Gasteiger partial charge is 0.496 e. The minimum Gasteiger partial charge on any atom is -0.496 e. The van der Waals surface area contributed by atoms with Crippen LogP contribution in [0.15, 0.2) is 22.9 Å². The van der Waals surface area contributed by atoms with E-state index in [4.69, 9.17) is 4.74 Å².